The molecule has 0 bridgehead atoms. The molecule has 0 N–H and O–H groups in total. The van der Waals surface area contributed by atoms with Crippen LogP contribution in [0.25, 0.3) is 0 Å². The molecule has 0 atom stereocenters. The van der Waals surface area contributed by atoms with E-state index >= 15 is 0 Å². The SMILES string of the molecule is C=C/C=C(\C=C/C)Cn1cncc1OC(C=C)=N/C=C(\C)Cl.CC.CC. The van der Waals surface area contributed by atoms with Crippen molar-refractivity contribution in [1.29, 1.82) is 0 Å². The van der Waals surface area contributed by atoms with Gasteiger partial charge in [-0.2, -0.15) is 0 Å². The van der Waals surface area contributed by atoms with Crippen molar-refractivity contribution >= 4 is 17.5 Å². The van der Waals surface area contributed by atoms with E-state index in [1.807, 2.05) is 57.4 Å². The van der Waals surface area contributed by atoms with Crippen LogP contribution in [-0.4, -0.2) is 15.4 Å². The highest BCUT2D eigenvalue weighted by atomic mass is 35.5. The molecule has 1 rings (SSSR count). The Morgan fingerprint density at radius 3 is 2.46 bits per heavy atom. The third-order valence-corrected chi connectivity index (χ3v) is 2.59. The zero-order valence-electron chi connectivity index (χ0n) is 16.9. The van der Waals surface area contributed by atoms with Crippen molar-refractivity contribution in [3.8, 4) is 5.88 Å². The largest absolute Gasteiger partial charge is 0.421 e. The molecule has 0 aromatic carbocycles. The summed E-state index contributed by atoms with van der Waals surface area (Å²) in [4.78, 5) is 8.21. The van der Waals surface area contributed by atoms with E-state index < -0.39 is 0 Å². The number of hydrogen-bond acceptors (Lipinski definition) is 3. The van der Waals surface area contributed by atoms with Crippen molar-refractivity contribution < 1.29 is 4.74 Å². The van der Waals surface area contributed by atoms with E-state index in [0.29, 0.717) is 23.4 Å². The van der Waals surface area contributed by atoms with Crippen LogP contribution in [0.5, 0.6) is 5.88 Å². The Bertz CT molecular complexity index is 633. The molecular formula is C21H32ClN3O. The van der Waals surface area contributed by atoms with Gasteiger partial charge < -0.3 is 4.74 Å². The number of halogens is 1. The lowest BCUT2D eigenvalue weighted by atomic mass is 10.2. The molecule has 0 saturated heterocycles. The Balaban J connectivity index is 0. The summed E-state index contributed by atoms with van der Waals surface area (Å²) in [6, 6.07) is 0. The summed E-state index contributed by atoms with van der Waals surface area (Å²) in [6.07, 6.45) is 14.0. The second-order valence-electron chi connectivity index (χ2n) is 4.33. The molecule has 0 radical (unpaired) electrons. The normalized spacial score (nSPS) is 11.9. The topological polar surface area (TPSA) is 39.4 Å². The molecule has 5 heteroatoms. The minimum absolute atomic E-state index is 0.349. The molecule has 0 aliphatic rings. The van der Waals surface area contributed by atoms with Gasteiger partial charge in [0, 0.05) is 11.2 Å². The average molecular weight is 378 g/mol. The first-order chi connectivity index (χ1) is 12.6. The third-order valence-electron chi connectivity index (χ3n) is 2.49. The fourth-order valence-corrected chi connectivity index (χ4v) is 1.66. The number of nitrogens with zero attached hydrogens (tertiary/aromatic N) is 3. The van der Waals surface area contributed by atoms with Gasteiger partial charge in [0.1, 0.15) is 0 Å². The Labute approximate surface area is 164 Å². The van der Waals surface area contributed by atoms with E-state index in [1.54, 1.807) is 25.5 Å². The van der Waals surface area contributed by atoms with Crippen LogP contribution in [0.4, 0.5) is 0 Å². The highest BCUT2D eigenvalue weighted by Gasteiger charge is 2.06. The average Bonchev–Trinajstić information content (AvgIpc) is 3.09. The second-order valence-corrected chi connectivity index (χ2v) is 4.92. The van der Waals surface area contributed by atoms with Gasteiger partial charge in [-0.3, -0.25) is 4.57 Å². The number of allylic oxidation sites excluding steroid dienone is 6. The molecule has 0 spiro atoms. The Hall–Kier alpha value is -2.33. The minimum Gasteiger partial charge on any atom is -0.421 e. The zero-order chi connectivity index (χ0) is 20.4. The quantitative estimate of drug-likeness (QED) is 0.301. The molecule has 1 aromatic rings. The van der Waals surface area contributed by atoms with Gasteiger partial charge in [0.25, 0.3) is 0 Å². The lowest BCUT2D eigenvalue weighted by molar-refractivity contribution is 0.495. The minimum atomic E-state index is 0.349. The second kappa shape index (κ2) is 17.5. The molecule has 0 aliphatic carbocycles. The van der Waals surface area contributed by atoms with E-state index in [-0.39, 0.29) is 0 Å². The van der Waals surface area contributed by atoms with Gasteiger partial charge in [-0.1, -0.05) is 76.8 Å². The number of imidazole rings is 1. The first-order valence-electron chi connectivity index (χ1n) is 8.75. The third kappa shape index (κ3) is 11.3. The van der Waals surface area contributed by atoms with Crippen molar-refractivity contribution in [2.24, 2.45) is 4.99 Å². The van der Waals surface area contributed by atoms with E-state index in [0.717, 1.165) is 5.57 Å². The molecule has 26 heavy (non-hydrogen) atoms. The summed E-state index contributed by atoms with van der Waals surface area (Å²) < 4.78 is 7.56. The van der Waals surface area contributed by atoms with Crippen molar-refractivity contribution in [1.82, 2.24) is 9.55 Å². The van der Waals surface area contributed by atoms with Crippen molar-refractivity contribution in [3.05, 3.63) is 72.9 Å². The summed E-state index contributed by atoms with van der Waals surface area (Å²) in [7, 11) is 0. The van der Waals surface area contributed by atoms with Gasteiger partial charge in [0.2, 0.25) is 11.8 Å². The lowest BCUT2D eigenvalue weighted by Gasteiger charge is -2.09. The standard InChI is InChI=1S/C17H20ClN3O.2C2H6/c1-5-8-15(9-6-2)12-21-13-19-11-17(21)22-16(7-3)20-10-14(4)18;2*1-2/h5-11,13H,1,3,12H2,2,4H3;2*1-2H3/b9-6-,14-10+,15-8+,20-16?;;. The Kier molecular flexibility index (Phi) is 17.4. The molecule has 144 valence electrons. The number of hydrogen-bond donors (Lipinski definition) is 0. The first kappa shape index (κ1) is 25.9. The summed E-state index contributed by atoms with van der Waals surface area (Å²) in [5.41, 5.74) is 1.08. The Morgan fingerprint density at radius 2 is 1.96 bits per heavy atom. The zero-order valence-corrected chi connectivity index (χ0v) is 17.6. The maximum Gasteiger partial charge on any atom is 0.222 e. The van der Waals surface area contributed by atoms with Crippen LogP contribution in [0.15, 0.2) is 77.9 Å². The van der Waals surface area contributed by atoms with Crippen molar-refractivity contribution in [2.75, 3.05) is 0 Å². The van der Waals surface area contributed by atoms with Crippen molar-refractivity contribution in [2.45, 2.75) is 48.1 Å². The summed E-state index contributed by atoms with van der Waals surface area (Å²) in [5.74, 6) is 0.917. The molecule has 4 nitrogen and oxygen atoms in total. The van der Waals surface area contributed by atoms with E-state index in [9.17, 15) is 0 Å². The molecule has 0 aliphatic heterocycles. The van der Waals surface area contributed by atoms with E-state index in [4.69, 9.17) is 16.3 Å². The van der Waals surface area contributed by atoms with Gasteiger partial charge in [0.05, 0.1) is 19.1 Å². The Morgan fingerprint density at radius 1 is 1.31 bits per heavy atom. The smallest absolute Gasteiger partial charge is 0.222 e. The maximum atomic E-state index is 5.75. The van der Waals surface area contributed by atoms with Crippen molar-refractivity contribution in [3.63, 3.8) is 0 Å². The predicted octanol–water partition coefficient (Wildman–Crippen LogP) is 6.69. The van der Waals surface area contributed by atoms with Gasteiger partial charge in [-0.15, -0.1) is 0 Å². The fraction of sp³-hybridized carbons (Fsp3) is 0.333. The van der Waals surface area contributed by atoms with E-state index in [2.05, 4.69) is 23.1 Å². The van der Waals surface area contributed by atoms with Crippen LogP contribution < -0.4 is 4.74 Å². The first-order valence-corrected chi connectivity index (χ1v) is 9.13. The molecular weight excluding hydrogens is 346 g/mol. The number of ether oxygens (including phenoxy) is 1. The lowest BCUT2D eigenvalue weighted by Crippen LogP contribution is -2.09. The molecule has 0 amide bonds. The number of aromatic nitrogens is 2. The summed E-state index contributed by atoms with van der Waals surface area (Å²) in [5, 5.41) is 0.556. The molecule has 0 unspecified atom stereocenters. The summed E-state index contributed by atoms with van der Waals surface area (Å²) >= 11 is 5.75. The van der Waals surface area contributed by atoms with E-state index in [1.165, 1.54) is 12.3 Å². The molecule has 0 fully saturated rings. The monoisotopic (exact) mass is 377 g/mol. The molecule has 1 heterocycles. The van der Waals surface area contributed by atoms with Gasteiger partial charge in [0.15, 0.2) is 0 Å². The van der Waals surface area contributed by atoms with Crippen LogP contribution in [0, 0.1) is 0 Å². The van der Waals surface area contributed by atoms with Crippen LogP contribution in [0.3, 0.4) is 0 Å². The van der Waals surface area contributed by atoms with Crippen LogP contribution >= 0.6 is 11.6 Å². The molecule has 1 aromatic heterocycles. The maximum absolute atomic E-state index is 5.75. The molecule has 0 saturated carbocycles. The van der Waals surface area contributed by atoms with Gasteiger partial charge in [-0.25, -0.2) is 9.98 Å². The highest BCUT2D eigenvalue weighted by molar-refractivity contribution is 6.29. The number of aliphatic imine (C=N–C) groups is 1. The van der Waals surface area contributed by atoms with Crippen LogP contribution in [-0.2, 0) is 6.54 Å². The highest BCUT2D eigenvalue weighted by Crippen LogP contribution is 2.14. The predicted molar refractivity (Wildman–Crippen MR) is 116 cm³/mol. The fourth-order valence-electron chi connectivity index (χ4n) is 1.62. The van der Waals surface area contributed by atoms with Crippen LogP contribution in [0.1, 0.15) is 41.5 Å². The number of rotatable bonds is 7. The summed E-state index contributed by atoms with van der Waals surface area (Å²) in [6.45, 7) is 19.7. The van der Waals surface area contributed by atoms with Gasteiger partial charge in [-0.05, 0) is 25.5 Å². The van der Waals surface area contributed by atoms with Gasteiger partial charge >= 0.3 is 0 Å². The van der Waals surface area contributed by atoms with Crippen LogP contribution in [0.2, 0.25) is 0 Å².